The fraction of sp³-hybridized carbons (Fsp3) is 0.522. The number of unbranched alkanes of at least 4 members (excludes halogenated alkanes) is 1. The Morgan fingerprint density at radius 3 is 2.81 bits per heavy atom. The lowest BCUT2D eigenvalue weighted by Crippen LogP contribution is -2.37. The lowest BCUT2D eigenvalue weighted by Gasteiger charge is -2.29. The number of carbonyl (C=O) groups is 1. The molecule has 27 heavy (non-hydrogen) atoms. The van der Waals surface area contributed by atoms with Crippen LogP contribution in [0.5, 0.6) is 0 Å². The molecule has 0 aliphatic heterocycles. The number of amides is 1. The van der Waals surface area contributed by atoms with E-state index in [1.165, 1.54) is 25.7 Å². The first-order valence-corrected chi connectivity index (χ1v) is 10.3. The molecule has 0 unspecified atom stereocenters. The molecule has 0 atom stereocenters. The number of benzene rings is 1. The topological polar surface area (TPSA) is 54.4 Å². The summed E-state index contributed by atoms with van der Waals surface area (Å²) in [5.41, 5.74) is 2.58. The molecule has 1 saturated carbocycles. The van der Waals surface area contributed by atoms with E-state index in [0.717, 1.165) is 53.9 Å². The zero-order chi connectivity index (χ0) is 19.1. The highest BCUT2D eigenvalue weighted by molar-refractivity contribution is 6.06. The highest BCUT2D eigenvalue weighted by atomic mass is 16.1. The third-order valence-corrected chi connectivity index (χ3v) is 5.51. The first-order chi connectivity index (χ1) is 13.2. The molecule has 0 saturated heterocycles. The molecule has 0 bridgehead atoms. The van der Waals surface area contributed by atoms with Crippen LogP contribution in [0.25, 0.3) is 10.9 Å². The monoisotopic (exact) mass is 365 g/mol. The van der Waals surface area contributed by atoms with Crippen LogP contribution in [0.2, 0.25) is 0 Å². The van der Waals surface area contributed by atoms with Crippen molar-refractivity contribution in [2.24, 2.45) is 10.9 Å². The Kier molecular flexibility index (Phi) is 6.97. The smallest absolute Gasteiger partial charge is 0.252 e. The minimum atomic E-state index is 0.0267. The normalized spacial score (nSPS) is 20.2. The van der Waals surface area contributed by atoms with Gasteiger partial charge in [0, 0.05) is 29.2 Å². The summed E-state index contributed by atoms with van der Waals surface area (Å²) in [5, 5.41) is 4.18. The number of aromatic nitrogens is 1. The summed E-state index contributed by atoms with van der Waals surface area (Å²) in [7, 11) is 0. The molecule has 0 spiro atoms. The minimum Gasteiger partial charge on any atom is -0.349 e. The van der Waals surface area contributed by atoms with E-state index >= 15 is 0 Å². The van der Waals surface area contributed by atoms with Gasteiger partial charge in [-0.25, -0.2) is 0 Å². The average Bonchev–Trinajstić information content (AvgIpc) is 2.68. The number of carbonyl (C=O) groups excluding carboxylic acids is 1. The van der Waals surface area contributed by atoms with Crippen molar-refractivity contribution in [3.05, 3.63) is 41.6 Å². The summed E-state index contributed by atoms with van der Waals surface area (Å²) < 4.78 is 0. The van der Waals surface area contributed by atoms with E-state index in [1.54, 1.807) is 0 Å². The summed E-state index contributed by atoms with van der Waals surface area (Å²) in [5.74, 6) is 0.778. The summed E-state index contributed by atoms with van der Waals surface area (Å²) in [6.07, 6.45) is 9.99. The Labute approximate surface area is 162 Å². The lowest BCUT2D eigenvalue weighted by atomic mass is 9.84. The second kappa shape index (κ2) is 9.63. The van der Waals surface area contributed by atoms with Gasteiger partial charge in [-0.15, -0.1) is 0 Å². The molecule has 1 fully saturated rings. The Balaban J connectivity index is 1.51. The van der Waals surface area contributed by atoms with Gasteiger partial charge < -0.3 is 5.32 Å². The Morgan fingerprint density at radius 2 is 2.04 bits per heavy atom. The third-order valence-electron chi connectivity index (χ3n) is 5.51. The van der Waals surface area contributed by atoms with Gasteiger partial charge in [-0.2, -0.15) is 0 Å². The average molecular weight is 366 g/mol. The van der Waals surface area contributed by atoms with Crippen LogP contribution >= 0.6 is 0 Å². The number of pyridine rings is 1. The summed E-state index contributed by atoms with van der Waals surface area (Å²) in [4.78, 5) is 21.8. The highest BCUT2D eigenvalue weighted by Gasteiger charge is 2.23. The number of nitrogens with zero attached hydrogens (tertiary/aromatic N) is 2. The standard InChI is InChI=1S/C23H31N3O/c1-3-4-15-24-16-14-18-9-11-19(12-10-18)26-23(27)21-6-5-7-22-20(21)13-8-17(2)25-22/h5-8,13,15,18-19H,3-4,9-12,14,16H2,1-2H3,(H,26,27). The van der Waals surface area contributed by atoms with Gasteiger partial charge in [0.25, 0.3) is 5.91 Å². The maximum Gasteiger partial charge on any atom is 0.252 e. The van der Waals surface area contributed by atoms with Crippen LogP contribution in [0, 0.1) is 12.8 Å². The quantitative estimate of drug-likeness (QED) is 0.695. The molecule has 1 heterocycles. The summed E-state index contributed by atoms with van der Waals surface area (Å²) in [6, 6.07) is 10.0. The van der Waals surface area contributed by atoms with E-state index in [4.69, 9.17) is 0 Å². The predicted molar refractivity (Wildman–Crippen MR) is 113 cm³/mol. The predicted octanol–water partition coefficient (Wildman–Crippen LogP) is 5.09. The van der Waals surface area contributed by atoms with E-state index in [9.17, 15) is 4.79 Å². The molecule has 1 N–H and O–H groups in total. The number of hydrogen-bond acceptors (Lipinski definition) is 3. The summed E-state index contributed by atoms with van der Waals surface area (Å²) >= 11 is 0. The van der Waals surface area contributed by atoms with Crippen LogP contribution in [0.1, 0.15) is 67.9 Å². The lowest BCUT2D eigenvalue weighted by molar-refractivity contribution is 0.0923. The van der Waals surface area contributed by atoms with Gasteiger partial charge in [0.05, 0.1) is 5.52 Å². The molecule has 3 rings (SSSR count). The molecule has 1 aliphatic carbocycles. The summed E-state index contributed by atoms with van der Waals surface area (Å²) in [6.45, 7) is 5.10. The molecule has 0 radical (unpaired) electrons. The van der Waals surface area contributed by atoms with Gasteiger partial charge in [-0.1, -0.05) is 25.5 Å². The van der Waals surface area contributed by atoms with Crippen molar-refractivity contribution < 1.29 is 4.79 Å². The molecular weight excluding hydrogens is 334 g/mol. The maximum absolute atomic E-state index is 12.8. The fourth-order valence-corrected chi connectivity index (χ4v) is 3.88. The van der Waals surface area contributed by atoms with Crippen LogP contribution < -0.4 is 5.32 Å². The van der Waals surface area contributed by atoms with Crippen LogP contribution in [-0.2, 0) is 0 Å². The Bertz CT molecular complexity index is 791. The third kappa shape index (κ3) is 5.38. The van der Waals surface area contributed by atoms with E-state index in [-0.39, 0.29) is 11.9 Å². The van der Waals surface area contributed by atoms with E-state index in [0.29, 0.717) is 0 Å². The number of hydrogen-bond donors (Lipinski definition) is 1. The van der Waals surface area contributed by atoms with Gasteiger partial charge in [0.15, 0.2) is 0 Å². The van der Waals surface area contributed by atoms with Crippen molar-refractivity contribution in [1.82, 2.24) is 10.3 Å². The highest BCUT2D eigenvalue weighted by Crippen LogP contribution is 2.27. The molecule has 144 valence electrons. The van der Waals surface area contributed by atoms with E-state index in [1.807, 2.05) is 37.3 Å². The van der Waals surface area contributed by atoms with Gasteiger partial charge in [0.2, 0.25) is 0 Å². The van der Waals surface area contributed by atoms with Crippen LogP contribution in [0.15, 0.2) is 35.3 Å². The van der Waals surface area contributed by atoms with E-state index < -0.39 is 0 Å². The Hall–Kier alpha value is -2.23. The zero-order valence-electron chi connectivity index (χ0n) is 16.6. The molecule has 1 aromatic carbocycles. The van der Waals surface area contributed by atoms with Crippen LogP contribution in [0.3, 0.4) is 0 Å². The van der Waals surface area contributed by atoms with Gasteiger partial charge >= 0.3 is 0 Å². The van der Waals surface area contributed by atoms with Crippen LogP contribution in [-0.4, -0.2) is 29.7 Å². The van der Waals surface area contributed by atoms with Gasteiger partial charge in [0.1, 0.15) is 0 Å². The van der Waals surface area contributed by atoms with Crippen LogP contribution in [0.4, 0.5) is 0 Å². The number of aryl methyl sites for hydroxylation is 1. The fourth-order valence-electron chi connectivity index (χ4n) is 3.88. The molecular formula is C23H31N3O. The van der Waals surface area contributed by atoms with Crippen molar-refractivity contribution >= 4 is 23.0 Å². The number of nitrogens with one attached hydrogen (secondary N) is 1. The van der Waals surface area contributed by atoms with Crippen molar-refractivity contribution in [3.63, 3.8) is 0 Å². The SMILES string of the molecule is CCCC=NCCC1CCC(NC(=O)c2cccc3nc(C)ccc23)CC1. The largest absolute Gasteiger partial charge is 0.349 e. The second-order valence-corrected chi connectivity index (χ2v) is 7.68. The first-order valence-electron chi connectivity index (χ1n) is 10.3. The first kappa shape index (κ1) is 19.5. The van der Waals surface area contributed by atoms with E-state index in [2.05, 4.69) is 28.4 Å². The molecule has 1 aromatic heterocycles. The maximum atomic E-state index is 12.8. The van der Waals surface area contributed by atoms with Crippen molar-refractivity contribution in [1.29, 1.82) is 0 Å². The number of fused-ring (bicyclic) bond motifs is 1. The van der Waals surface area contributed by atoms with Crippen molar-refractivity contribution in [3.8, 4) is 0 Å². The molecule has 1 aliphatic rings. The molecule has 1 amide bonds. The second-order valence-electron chi connectivity index (χ2n) is 7.68. The Morgan fingerprint density at radius 1 is 1.22 bits per heavy atom. The van der Waals surface area contributed by atoms with Gasteiger partial charge in [-0.3, -0.25) is 14.8 Å². The van der Waals surface area contributed by atoms with Crippen molar-refractivity contribution in [2.45, 2.75) is 64.8 Å². The van der Waals surface area contributed by atoms with Gasteiger partial charge in [-0.05, 0) is 75.8 Å². The number of rotatable bonds is 7. The molecule has 4 nitrogen and oxygen atoms in total. The zero-order valence-corrected chi connectivity index (χ0v) is 16.6. The molecule has 2 aromatic rings. The minimum absolute atomic E-state index is 0.0267. The number of aliphatic imine (C=N–C) groups is 1. The van der Waals surface area contributed by atoms with Crippen molar-refractivity contribution in [2.75, 3.05) is 6.54 Å². The molecule has 4 heteroatoms.